The van der Waals surface area contributed by atoms with E-state index in [0.717, 1.165) is 16.8 Å². The van der Waals surface area contributed by atoms with Gasteiger partial charge in [-0.15, -0.1) is 10.2 Å². The van der Waals surface area contributed by atoms with E-state index >= 15 is 0 Å². The first-order valence-corrected chi connectivity index (χ1v) is 11.9. The lowest BCUT2D eigenvalue weighted by Crippen LogP contribution is -2.12. The van der Waals surface area contributed by atoms with Crippen molar-refractivity contribution in [3.63, 3.8) is 0 Å². The number of hydrogen-bond acceptors (Lipinski definition) is 5. The first-order chi connectivity index (χ1) is 17.1. The molecular weight excluding hydrogens is 463 g/mol. The van der Waals surface area contributed by atoms with Crippen LogP contribution in [0.25, 0.3) is 17.3 Å². The summed E-state index contributed by atoms with van der Waals surface area (Å²) in [6.45, 7) is 2.04. The average molecular weight is 485 g/mol. The maximum Gasteiger partial charge on any atom is 0.255 e. The highest BCUT2D eigenvalue weighted by Gasteiger charge is 2.18. The van der Waals surface area contributed by atoms with Crippen LogP contribution in [0.2, 0.25) is 0 Å². The highest BCUT2D eigenvalue weighted by Crippen LogP contribution is 2.30. The molecule has 0 fully saturated rings. The fourth-order valence-corrected chi connectivity index (χ4v) is 4.51. The van der Waals surface area contributed by atoms with Crippen LogP contribution in [-0.4, -0.2) is 20.7 Å². The number of carbonyl (C=O) groups is 1. The lowest BCUT2D eigenvalue weighted by Gasteiger charge is -2.10. The Balaban J connectivity index is 1.37. The summed E-state index contributed by atoms with van der Waals surface area (Å²) in [5.41, 5.74) is 4.07. The van der Waals surface area contributed by atoms with Crippen molar-refractivity contribution in [3.8, 4) is 17.3 Å². The van der Waals surface area contributed by atoms with Crippen molar-refractivity contribution in [2.75, 3.05) is 5.32 Å². The Labute approximate surface area is 205 Å². The van der Waals surface area contributed by atoms with Crippen molar-refractivity contribution in [1.29, 1.82) is 0 Å². The van der Waals surface area contributed by atoms with Crippen LogP contribution in [0.15, 0.2) is 101 Å². The molecule has 0 aliphatic rings. The van der Waals surface area contributed by atoms with E-state index in [0.29, 0.717) is 33.7 Å². The van der Waals surface area contributed by atoms with Crippen LogP contribution < -0.4 is 5.32 Å². The number of halogens is 1. The quantitative estimate of drug-likeness (QED) is 0.266. The topological polar surface area (TPSA) is 73.0 Å². The molecule has 0 radical (unpaired) electrons. The van der Waals surface area contributed by atoms with Gasteiger partial charge >= 0.3 is 0 Å². The van der Waals surface area contributed by atoms with Gasteiger partial charge in [-0.1, -0.05) is 36.0 Å². The van der Waals surface area contributed by atoms with Crippen molar-refractivity contribution in [3.05, 3.63) is 114 Å². The van der Waals surface area contributed by atoms with Gasteiger partial charge in [-0.2, -0.15) is 0 Å². The molecule has 174 valence electrons. The Morgan fingerprint density at radius 2 is 1.83 bits per heavy atom. The molecule has 2 aromatic heterocycles. The van der Waals surface area contributed by atoms with Crippen LogP contribution in [0.3, 0.4) is 0 Å². The summed E-state index contributed by atoms with van der Waals surface area (Å²) in [6.07, 6.45) is 1.61. The molecule has 0 saturated carbocycles. The highest BCUT2D eigenvalue weighted by atomic mass is 32.2. The van der Waals surface area contributed by atoms with Gasteiger partial charge in [0, 0.05) is 17.0 Å². The van der Waals surface area contributed by atoms with E-state index in [9.17, 15) is 9.18 Å². The molecule has 1 N–H and O–H groups in total. The fraction of sp³-hybridized carbons (Fsp3) is 0.0741. The SMILES string of the molecule is Cc1cccc(-n2c(SCc3cccc(C(=O)Nc4ccc(F)cc4)c3)nnc2-c2ccco2)c1. The van der Waals surface area contributed by atoms with E-state index < -0.39 is 0 Å². The summed E-state index contributed by atoms with van der Waals surface area (Å²) in [5.74, 6) is 1.22. The van der Waals surface area contributed by atoms with Gasteiger partial charge in [-0.25, -0.2) is 4.39 Å². The van der Waals surface area contributed by atoms with Gasteiger partial charge in [-0.3, -0.25) is 9.36 Å². The van der Waals surface area contributed by atoms with Crippen LogP contribution in [0.1, 0.15) is 21.5 Å². The molecule has 2 heterocycles. The van der Waals surface area contributed by atoms with Crippen LogP contribution in [-0.2, 0) is 5.75 Å². The average Bonchev–Trinajstić information content (AvgIpc) is 3.54. The van der Waals surface area contributed by atoms with Crippen LogP contribution in [0.4, 0.5) is 10.1 Å². The second kappa shape index (κ2) is 9.99. The minimum atomic E-state index is -0.351. The number of rotatable bonds is 7. The molecule has 6 nitrogen and oxygen atoms in total. The summed E-state index contributed by atoms with van der Waals surface area (Å²) in [4.78, 5) is 12.7. The molecule has 0 unspecified atom stereocenters. The number of aromatic nitrogens is 3. The lowest BCUT2D eigenvalue weighted by molar-refractivity contribution is 0.102. The third-order valence-electron chi connectivity index (χ3n) is 5.29. The van der Waals surface area contributed by atoms with Crippen molar-refractivity contribution in [2.45, 2.75) is 17.8 Å². The van der Waals surface area contributed by atoms with Crippen LogP contribution in [0, 0.1) is 12.7 Å². The maximum atomic E-state index is 13.1. The first-order valence-electron chi connectivity index (χ1n) is 10.9. The van der Waals surface area contributed by atoms with Gasteiger partial charge in [0.05, 0.1) is 12.0 Å². The van der Waals surface area contributed by atoms with E-state index in [1.807, 2.05) is 60.0 Å². The molecule has 35 heavy (non-hydrogen) atoms. The van der Waals surface area contributed by atoms with E-state index in [1.165, 1.54) is 36.0 Å². The third kappa shape index (κ3) is 5.17. The second-order valence-corrected chi connectivity index (χ2v) is 8.85. The molecule has 8 heteroatoms. The van der Waals surface area contributed by atoms with E-state index in [1.54, 1.807) is 12.3 Å². The normalized spacial score (nSPS) is 10.9. The zero-order chi connectivity index (χ0) is 24.2. The number of thioether (sulfide) groups is 1. The number of hydrogen-bond donors (Lipinski definition) is 1. The van der Waals surface area contributed by atoms with Crippen molar-refractivity contribution in [2.24, 2.45) is 0 Å². The predicted octanol–water partition coefficient (Wildman–Crippen LogP) is 6.52. The number of furan rings is 1. The Bertz CT molecular complexity index is 1460. The molecule has 5 rings (SSSR count). The summed E-state index contributed by atoms with van der Waals surface area (Å²) in [7, 11) is 0. The van der Waals surface area contributed by atoms with E-state index in [-0.39, 0.29) is 11.7 Å². The highest BCUT2D eigenvalue weighted by molar-refractivity contribution is 7.98. The van der Waals surface area contributed by atoms with Crippen molar-refractivity contribution >= 4 is 23.4 Å². The number of aryl methyl sites for hydroxylation is 1. The number of nitrogens with zero attached hydrogens (tertiary/aromatic N) is 3. The molecular formula is C27H21FN4O2S. The summed E-state index contributed by atoms with van der Waals surface area (Å²) in [6, 6.07) is 24.9. The van der Waals surface area contributed by atoms with Gasteiger partial charge < -0.3 is 9.73 Å². The maximum absolute atomic E-state index is 13.1. The fourth-order valence-electron chi connectivity index (χ4n) is 3.62. The molecule has 5 aromatic rings. The largest absolute Gasteiger partial charge is 0.461 e. The standard InChI is InChI=1S/C27H21FN4O2S/c1-18-5-2-8-23(15-18)32-25(24-9-4-14-34-24)30-31-27(32)35-17-19-6-3-7-20(16-19)26(33)29-22-12-10-21(28)11-13-22/h2-16H,17H2,1H3,(H,29,33). The monoisotopic (exact) mass is 484 g/mol. The van der Waals surface area contributed by atoms with Crippen molar-refractivity contribution in [1.82, 2.24) is 14.8 Å². The van der Waals surface area contributed by atoms with Gasteiger partial charge in [0.1, 0.15) is 5.82 Å². The van der Waals surface area contributed by atoms with Gasteiger partial charge in [-0.05, 0) is 78.7 Å². The molecule has 0 aliphatic heterocycles. The molecule has 0 saturated heterocycles. The minimum absolute atomic E-state index is 0.258. The number of benzene rings is 3. The number of amides is 1. The number of anilines is 1. The number of carbonyl (C=O) groups excluding carboxylic acids is 1. The molecule has 0 spiro atoms. The van der Waals surface area contributed by atoms with Gasteiger partial charge in [0.15, 0.2) is 10.9 Å². The smallest absolute Gasteiger partial charge is 0.255 e. The molecule has 0 bridgehead atoms. The summed E-state index contributed by atoms with van der Waals surface area (Å²) in [5, 5.41) is 12.3. The van der Waals surface area contributed by atoms with Crippen molar-refractivity contribution < 1.29 is 13.6 Å². The molecule has 0 atom stereocenters. The lowest BCUT2D eigenvalue weighted by atomic mass is 10.1. The zero-order valence-electron chi connectivity index (χ0n) is 18.8. The van der Waals surface area contributed by atoms with Crippen LogP contribution in [0.5, 0.6) is 0 Å². The molecule has 1 amide bonds. The Hall–Kier alpha value is -4.17. The van der Waals surface area contributed by atoms with Gasteiger partial charge in [0.25, 0.3) is 5.91 Å². The first kappa shape index (κ1) is 22.6. The zero-order valence-corrected chi connectivity index (χ0v) is 19.6. The minimum Gasteiger partial charge on any atom is -0.461 e. The van der Waals surface area contributed by atoms with Gasteiger partial charge in [0.2, 0.25) is 5.82 Å². The van der Waals surface area contributed by atoms with E-state index in [4.69, 9.17) is 4.42 Å². The Morgan fingerprint density at radius 3 is 2.60 bits per heavy atom. The molecule has 0 aliphatic carbocycles. The summed E-state index contributed by atoms with van der Waals surface area (Å²) < 4.78 is 20.7. The third-order valence-corrected chi connectivity index (χ3v) is 6.29. The van der Waals surface area contributed by atoms with Crippen LogP contribution >= 0.6 is 11.8 Å². The predicted molar refractivity (Wildman–Crippen MR) is 134 cm³/mol. The summed E-state index contributed by atoms with van der Waals surface area (Å²) >= 11 is 1.52. The second-order valence-electron chi connectivity index (χ2n) is 7.91. The Morgan fingerprint density at radius 1 is 1.00 bits per heavy atom. The van der Waals surface area contributed by atoms with E-state index in [2.05, 4.69) is 21.6 Å². The molecule has 3 aromatic carbocycles. The Kier molecular flexibility index (Phi) is 6.45. The number of nitrogens with one attached hydrogen (secondary N) is 1.